The monoisotopic (exact) mass is 564 g/mol. The molecule has 5 rings (SSSR count). The van der Waals surface area contributed by atoms with E-state index in [1.165, 1.54) is 31.8 Å². The first kappa shape index (κ1) is 27.8. The van der Waals surface area contributed by atoms with Crippen molar-refractivity contribution in [3.8, 4) is 23.0 Å². The van der Waals surface area contributed by atoms with Crippen LogP contribution in [0.25, 0.3) is 0 Å². The van der Waals surface area contributed by atoms with Gasteiger partial charge in [0.1, 0.15) is 16.9 Å². The maximum absolute atomic E-state index is 13.2. The molecule has 2 aromatic carbocycles. The molecule has 0 saturated carbocycles. The van der Waals surface area contributed by atoms with Crippen LogP contribution in [0.2, 0.25) is 0 Å². The predicted octanol–water partition coefficient (Wildman–Crippen LogP) is 6.39. The van der Waals surface area contributed by atoms with Crippen LogP contribution < -0.4 is 29.6 Å². The first-order chi connectivity index (χ1) is 19.2. The SMILES string of the molecule is CCC(C)(C)[C@H]1CCc2c(sc3c2C(=O)N[C@H](c2ccc(OC(=O)c4cc(OC)c(OC)c(OC)c4)cc2)N3)C1. The molecule has 1 aliphatic carbocycles. The summed E-state index contributed by atoms with van der Waals surface area (Å²) < 4.78 is 21.6. The van der Waals surface area contributed by atoms with Crippen LogP contribution in [0.1, 0.15) is 76.5 Å². The highest BCUT2D eigenvalue weighted by molar-refractivity contribution is 7.16. The number of ether oxygens (including phenoxy) is 4. The molecular weight excluding hydrogens is 528 g/mol. The van der Waals surface area contributed by atoms with Gasteiger partial charge in [0.15, 0.2) is 11.5 Å². The summed E-state index contributed by atoms with van der Waals surface area (Å²) in [6.45, 7) is 6.96. The Morgan fingerprint density at radius 1 is 1.02 bits per heavy atom. The number of anilines is 1. The summed E-state index contributed by atoms with van der Waals surface area (Å²) in [7, 11) is 4.48. The lowest BCUT2D eigenvalue weighted by Crippen LogP contribution is -2.38. The van der Waals surface area contributed by atoms with Crippen molar-refractivity contribution < 1.29 is 28.5 Å². The van der Waals surface area contributed by atoms with E-state index < -0.39 is 5.97 Å². The van der Waals surface area contributed by atoms with Gasteiger partial charge in [0.05, 0.1) is 32.5 Å². The normalized spacial score (nSPS) is 18.1. The standard InChI is InChI=1S/C31H36N2O6S/c1-7-31(2,3)19-10-13-21-24(16-19)40-29-25(21)28(34)32-27(33-29)17-8-11-20(12-9-17)39-30(35)18-14-22(36-4)26(38-6)23(15-18)37-5/h8-9,11-12,14-15,19,27,33H,7,10,13,16H2,1-6H3,(H,32,34)/t19-,27-/m0/s1. The fraction of sp³-hybridized carbons (Fsp3) is 0.419. The number of amides is 1. The number of hydrogen-bond donors (Lipinski definition) is 2. The van der Waals surface area contributed by atoms with Gasteiger partial charge in [-0.05, 0) is 66.0 Å². The third-order valence-corrected chi connectivity index (χ3v) is 9.57. The molecule has 0 spiro atoms. The maximum Gasteiger partial charge on any atom is 0.343 e. The van der Waals surface area contributed by atoms with Crippen LogP contribution >= 0.6 is 11.3 Å². The Hall–Kier alpha value is -3.72. The quantitative estimate of drug-likeness (QED) is 0.242. The zero-order valence-corrected chi connectivity index (χ0v) is 24.6. The molecule has 8 nitrogen and oxygen atoms in total. The molecule has 0 radical (unpaired) electrons. The molecule has 2 atom stereocenters. The van der Waals surface area contributed by atoms with Gasteiger partial charge in [0, 0.05) is 4.88 Å². The topological polar surface area (TPSA) is 95.1 Å². The molecule has 212 valence electrons. The number of thiophene rings is 1. The first-order valence-corrected chi connectivity index (χ1v) is 14.3. The number of methoxy groups -OCH3 is 3. The third-order valence-electron chi connectivity index (χ3n) is 8.38. The van der Waals surface area contributed by atoms with Crippen molar-refractivity contribution in [3.63, 3.8) is 0 Å². The zero-order chi connectivity index (χ0) is 28.6. The van der Waals surface area contributed by atoms with Crippen LogP contribution in [-0.4, -0.2) is 33.2 Å². The van der Waals surface area contributed by atoms with E-state index in [2.05, 4.69) is 31.4 Å². The van der Waals surface area contributed by atoms with Crippen LogP contribution in [0, 0.1) is 11.3 Å². The van der Waals surface area contributed by atoms with Crippen molar-refractivity contribution in [3.05, 3.63) is 63.5 Å². The summed E-state index contributed by atoms with van der Waals surface area (Å²) in [5, 5.41) is 7.58. The Bertz CT molecular complexity index is 1400. The average Bonchev–Trinajstić information content (AvgIpc) is 3.35. The van der Waals surface area contributed by atoms with Crippen LogP contribution in [-0.2, 0) is 12.8 Å². The van der Waals surface area contributed by atoms with Crippen molar-refractivity contribution >= 4 is 28.2 Å². The Labute approximate surface area is 239 Å². The van der Waals surface area contributed by atoms with Gasteiger partial charge in [-0.1, -0.05) is 39.3 Å². The molecule has 40 heavy (non-hydrogen) atoms. The number of hydrogen-bond acceptors (Lipinski definition) is 8. The highest BCUT2D eigenvalue weighted by Gasteiger charge is 2.37. The number of benzene rings is 2. The van der Waals surface area contributed by atoms with Gasteiger partial charge < -0.3 is 29.6 Å². The zero-order valence-electron chi connectivity index (χ0n) is 23.8. The fourth-order valence-electron chi connectivity index (χ4n) is 5.51. The molecule has 3 aromatic rings. The van der Waals surface area contributed by atoms with E-state index in [0.29, 0.717) is 28.9 Å². The Balaban J connectivity index is 1.30. The van der Waals surface area contributed by atoms with Crippen molar-refractivity contribution in [2.75, 3.05) is 26.6 Å². The van der Waals surface area contributed by atoms with E-state index in [4.69, 9.17) is 18.9 Å². The third kappa shape index (κ3) is 5.10. The second-order valence-electron chi connectivity index (χ2n) is 10.9. The molecule has 1 amide bonds. The van der Waals surface area contributed by atoms with E-state index >= 15 is 0 Å². The van der Waals surface area contributed by atoms with Gasteiger partial charge in [0.25, 0.3) is 5.91 Å². The van der Waals surface area contributed by atoms with Crippen molar-refractivity contribution in [1.82, 2.24) is 5.32 Å². The second kappa shape index (κ2) is 11.0. The number of nitrogens with one attached hydrogen (secondary N) is 2. The molecule has 9 heteroatoms. The summed E-state index contributed by atoms with van der Waals surface area (Å²) in [6.07, 6.45) is 3.86. The van der Waals surface area contributed by atoms with Crippen LogP contribution in [0.4, 0.5) is 5.00 Å². The fourth-order valence-corrected chi connectivity index (χ4v) is 6.87. The van der Waals surface area contributed by atoms with Gasteiger partial charge in [-0.3, -0.25) is 4.79 Å². The molecule has 0 unspecified atom stereocenters. The average molecular weight is 565 g/mol. The molecule has 0 fully saturated rings. The minimum absolute atomic E-state index is 0.0395. The Morgan fingerprint density at radius 3 is 2.30 bits per heavy atom. The van der Waals surface area contributed by atoms with Crippen LogP contribution in [0.15, 0.2) is 36.4 Å². The molecule has 1 aliphatic heterocycles. The maximum atomic E-state index is 13.2. The number of fused-ring (bicyclic) bond motifs is 3. The number of carbonyl (C=O) groups excluding carboxylic acids is 2. The van der Waals surface area contributed by atoms with Crippen LogP contribution in [0.3, 0.4) is 0 Å². The summed E-state index contributed by atoms with van der Waals surface area (Å²) in [5.74, 6) is 1.52. The molecule has 1 aromatic heterocycles. The largest absolute Gasteiger partial charge is 0.493 e. The van der Waals surface area contributed by atoms with Gasteiger partial charge in [-0.25, -0.2) is 4.79 Å². The van der Waals surface area contributed by atoms with Crippen molar-refractivity contribution in [2.24, 2.45) is 11.3 Å². The summed E-state index contributed by atoms with van der Waals surface area (Å²) in [6, 6.07) is 10.2. The summed E-state index contributed by atoms with van der Waals surface area (Å²) in [5.41, 5.74) is 3.43. The van der Waals surface area contributed by atoms with E-state index in [-0.39, 0.29) is 23.1 Å². The number of carbonyl (C=O) groups is 2. The van der Waals surface area contributed by atoms with E-state index in [9.17, 15) is 9.59 Å². The van der Waals surface area contributed by atoms with Crippen LogP contribution in [0.5, 0.6) is 23.0 Å². The molecule has 0 saturated heterocycles. The summed E-state index contributed by atoms with van der Waals surface area (Å²) >= 11 is 1.72. The molecule has 2 heterocycles. The smallest absolute Gasteiger partial charge is 0.343 e. The predicted molar refractivity (Wildman–Crippen MR) is 155 cm³/mol. The van der Waals surface area contributed by atoms with Gasteiger partial charge in [-0.2, -0.15) is 0 Å². The number of rotatable bonds is 8. The van der Waals surface area contributed by atoms with Crippen molar-refractivity contribution in [1.29, 1.82) is 0 Å². The van der Waals surface area contributed by atoms with Gasteiger partial charge in [-0.15, -0.1) is 11.3 Å². The Kier molecular flexibility index (Phi) is 7.68. The minimum Gasteiger partial charge on any atom is -0.493 e. The first-order valence-electron chi connectivity index (χ1n) is 13.5. The Morgan fingerprint density at radius 2 is 1.70 bits per heavy atom. The minimum atomic E-state index is -0.561. The van der Waals surface area contributed by atoms with Crippen molar-refractivity contribution in [2.45, 2.75) is 52.6 Å². The lowest BCUT2D eigenvalue weighted by Gasteiger charge is -2.36. The number of esters is 1. The molecule has 2 N–H and O–H groups in total. The molecule has 0 bridgehead atoms. The molecular formula is C31H36N2O6S. The second-order valence-corrected chi connectivity index (χ2v) is 12.0. The highest BCUT2D eigenvalue weighted by atomic mass is 32.1. The van der Waals surface area contributed by atoms with Gasteiger partial charge >= 0.3 is 5.97 Å². The van der Waals surface area contributed by atoms with E-state index in [1.807, 2.05) is 12.1 Å². The lowest BCUT2D eigenvalue weighted by atomic mass is 9.69. The summed E-state index contributed by atoms with van der Waals surface area (Å²) in [4.78, 5) is 27.4. The van der Waals surface area contributed by atoms with Gasteiger partial charge in [0.2, 0.25) is 5.75 Å². The molecule has 2 aliphatic rings. The van der Waals surface area contributed by atoms with E-state index in [0.717, 1.165) is 41.8 Å². The lowest BCUT2D eigenvalue weighted by molar-refractivity contribution is 0.0733. The highest BCUT2D eigenvalue weighted by Crippen LogP contribution is 2.47. The van der Waals surface area contributed by atoms with E-state index in [1.54, 1.807) is 35.6 Å².